The molecular weight excluding hydrogens is 242 g/mol. The third-order valence-corrected chi connectivity index (χ3v) is 2.77. The number of carbonyl (C=O) groups excluding carboxylic acids is 1. The van der Waals surface area contributed by atoms with Crippen LogP contribution in [0.25, 0.3) is 0 Å². The summed E-state index contributed by atoms with van der Waals surface area (Å²) in [6.07, 6.45) is 3.25. The van der Waals surface area contributed by atoms with Crippen LogP contribution in [0.1, 0.15) is 28.9 Å². The Bertz CT molecular complexity index is 554. The lowest BCUT2D eigenvalue weighted by Gasteiger charge is -2.16. The third-order valence-electron chi connectivity index (χ3n) is 2.77. The Kier molecular flexibility index (Phi) is 4.13. The van der Waals surface area contributed by atoms with Crippen molar-refractivity contribution in [1.29, 1.82) is 0 Å². The van der Waals surface area contributed by atoms with Crippen molar-refractivity contribution in [1.82, 2.24) is 4.98 Å². The number of benzene rings is 1. The second-order valence-electron chi connectivity index (χ2n) is 4.03. The first-order chi connectivity index (χ1) is 9.22. The first kappa shape index (κ1) is 13.1. The standard InChI is InChI=1S/C15H15NO3/c1-11(12-7-9-16-10-8-12)19-14-6-4-3-5-13(14)15(17)18-2/h3-11H,1-2H3. The maximum Gasteiger partial charge on any atom is 0.341 e. The molecule has 0 fully saturated rings. The van der Waals surface area contributed by atoms with Gasteiger partial charge in [0.2, 0.25) is 0 Å². The molecule has 4 nitrogen and oxygen atoms in total. The van der Waals surface area contributed by atoms with Gasteiger partial charge in [0.05, 0.1) is 7.11 Å². The lowest BCUT2D eigenvalue weighted by molar-refractivity contribution is 0.0593. The fourth-order valence-corrected chi connectivity index (χ4v) is 1.74. The maximum atomic E-state index is 11.6. The van der Waals surface area contributed by atoms with Crippen LogP contribution in [0.5, 0.6) is 5.75 Å². The molecule has 19 heavy (non-hydrogen) atoms. The molecule has 0 aliphatic carbocycles. The van der Waals surface area contributed by atoms with E-state index in [-0.39, 0.29) is 6.10 Å². The molecule has 0 spiro atoms. The van der Waals surface area contributed by atoms with Gasteiger partial charge >= 0.3 is 5.97 Å². The molecule has 0 saturated heterocycles. The van der Waals surface area contributed by atoms with Gasteiger partial charge in [-0.1, -0.05) is 12.1 Å². The first-order valence-electron chi connectivity index (χ1n) is 5.96. The zero-order valence-electron chi connectivity index (χ0n) is 10.9. The van der Waals surface area contributed by atoms with Gasteiger partial charge in [0.25, 0.3) is 0 Å². The van der Waals surface area contributed by atoms with E-state index < -0.39 is 5.97 Å². The predicted octanol–water partition coefficient (Wildman–Crippen LogP) is 3.01. The average molecular weight is 257 g/mol. The van der Waals surface area contributed by atoms with Gasteiger partial charge in [-0.05, 0) is 36.8 Å². The molecule has 98 valence electrons. The van der Waals surface area contributed by atoms with E-state index in [1.807, 2.05) is 25.1 Å². The normalized spacial score (nSPS) is 11.7. The van der Waals surface area contributed by atoms with Crippen molar-refractivity contribution in [3.05, 3.63) is 59.9 Å². The smallest absolute Gasteiger partial charge is 0.341 e. The quantitative estimate of drug-likeness (QED) is 0.790. The van der Waals surface area contributed by atoms with Crippen LogP contribution in [0.4, 0.5) is 0 Å². The van der Waals surface area contributed by atoms with Gasteiger partial charge in [-0.15, -0.1) is 0 Å². The Morgan fingerprint density at radius 2 is 1.84 bits per heavy atom. The third kappa shape index (κ3) is 3.10. The van der Waals surface area contributed by atoms with Crippen LogP contribution in [-0.2, 0) is 4.74 Å². The molecule has 2 rings (SSSR count). The topological polar surface area (TPSA) is 48.4 Å². The highest BCUT2D eigenvalue weighted by Gasteiger charge is 2.15. The van der Waals surface area contributed by atoms with Crippen molar-refractivity contribution in [3.63, 3.8) is 0 Å². The number of esters is 1. The summed E-state index contributed by atoms with van der Waals surface area (Å²) in [7, 11) is 1.35. The SMILES string of the molecule is COC(=O)c1ccccc1OC(C)c1ccncc1. The van der Waals surface area contributed by atoms with Gasteiger partial charge in [-0.3, -0.25) is 4.98 Å². The van der Waals surface area contributed by atoms with Crippen LogP contribution in [0.2, 0.25) is 0 Å². The van der Waals surface area contributed by atoms with Crippen LogP contribution in [0.3, 0.4) is 0 Å². The average Bonchev–Trinajstić information content (AvgIpc) is 2.48. The van der Waals surface area contributed by atoms with Gasteiger partial charge in [0.1, 0.15) is 17.4 Å². The lowest BCUT2D eigenvalue weighted by Crippen LogP contribution is -2.08. The van der Waals surface area contributed by atoms with Crippen LogP contribution >= 0.6 is 0 Å². The summed E-state index contributed by atoms with van der Waals surface area (Å²) >= 11 is 0. The number of carbonyl (C=O) groups is 1. The molecule has 0 aliphatic rings. The van der Waals surface area contributed by atoms with E-state index in [1.165, 1.54) is 7.11 Å². The zero-order chi connectivity index (χ0) is 13.7. The minimum Gasteiger partial charge on any atom is -0.485 e. The number of ether oxygens (including phenoxy) is 2. The molecule has 2 aromatic rings. The molecule has 0 aliphatic heterocycles. The number of pyridine rings is 1. The molecule has 1 heterocycles. The van der Waals surface area contributed by atoms with Gasteiger partial charge in [0, 0.05) is 12.4 Å². The van der Waals surface area contributed by atoms with E-state index >= 15 is 0 Å². The van der Waals surface area contributed by atoms with Crippen molar-refractivity contribution in [3.8, 4) is 5.75 Å². The minimum atomic E-state index is -0.405. The fourth-order valence-electron chi connectivity index (χ4n) is 1.74. The molecule has 4 heteroatoms. The summed E-state index contributed by atoms with van der Waals surface area (Å²) in [5, 5.41) is 0. The van der Waals surface area contributed by atoms with E-state index in [1.54, 1.807) is 30.6 Å². The lowest BCUT2D eigenvalue weighted by atomic mass is 10.1. The Labute approximate surface area is 112 Å². The van der Waals surface area contributed by atoms with E-state index in [4.69, 9.17) is 9.47 Å². The Morgan fingerprint density at radius 1 is 1.16 bits per heavy atom. The number of hydrogen-bond donors (Lipinski definition) is 0. The largest absolute Gasteiger partial charge is 0.485 e. The molecule has 0 saturated carbocycles. The predicted molar refractivity (Wildman–Crippen MR) is 71.1 cm³/mol. The molecule has 0 amide bonds. The van der Waals surface area contributed by atoms with Gasteiger partial charge in [-0.25, -0.2) is 4.79 Å². The molecule has 1 aromatic carbocycles. The van der Waals surface area contributed by atoms with Crippen LogP contribution < -0.4 is 4.74 Å². The Hall–Kier alpha value is -2.36. The first-order valence-corrected chi connectivity index (χ1v) is 5.96. The summed E-state index contributed by atoms with van der Waals surface area (Å²) in [5.41, 5.74) is 1.42. The van der Waals surface area contributed by atoms with Crippen molar-refractivity contribution in [2.24, 2.45) is 0 Å². The van der Waals surface area contributed by atoms with Gasteiger partial charge < -0.3 is 9.47 Å². The summed E-state index contributed by atoms with van der Waals surface area (Å²) in [6, 6.07) is 10.8. The zero-order valence-corrected chi connectivity index (χ0v) is 10.9. The Balaban J connectivity index is 2.22. The summed E-state index contributed by atoms with van der Waals surface area (Å²) in [6.45, 7) is 1.92. The molecule has 0 N–H and O–H groups in total. The van der Waals surface area contributed by atoms with Crippen LogP contribution in [-0.4, -0.2) is 18.1 Å². The summed E-state index contributed by atoms with van der Waals surface area (Å²) in [5.74, 6) is 0.108. The van der Waals surface area contributed by atoms with Gasteiger partial charge in [-0.2, -0.15) is 0 Å². The highest BCUT2D eigenvalue weighted by atomic mass is 16.5. The maximum absolute atomic E-state index is 11.6. The molecule has 1 atom stereocenters. The molecule has 0 bridgehead atoms. The summed E-state index contributed by atoms with van der Waals surface area (Å²) < 4.78 is 10.6. The number of nitrogens with zero attached hydrogens (tertiary/aromatic N) is 1. The van der Waals surface area contributed by atoms with E-state index in [9.17, 15) is 4.79 Å². The number of para-hydroxylation sites is 1. The van der Waals surface area contributed by atoms with E-state index in [2.05, 4.69) is 4.98 Å². The number of rotatable bonds is 4. The second kappa shape index (κ2) is 6.00. The second-order valence-corrected chi connectivity index (χ2v) is 4.03. The highest BCUT2D eigenvalue weighted by molar-refractivity contribution is 5.92. The van der Waals surface area contributed by atoms with Crippen LogP contribution in [0.15, 0.2) is 48.8 Å². The fraction of sp³-hybridized carbons (Fsp3) is 0.200. The van der Waals surface area contributed by atoms with Crippen molar-refractivity contribution < 1.29 is 14.3 Å². The van der Waals surface area contributed by atoms with Crippen LogP contribution in [0, 0.1) is 0 Å². The monoisotopic (exact) mass is 257 g/mol. The molecule has 1 aromatic heterocycles. The van der Waals surface area contributed by atoms with Crippen molar-refractivity contribution >= 4 is 5.97 Å². The van der Waals surface area contributed by atoms with Crippen molar-refractivity contribution in [2.45, 2.75) is 13.0 Å². The molecule has 0 radical (unpaired) electrons. The number of methoxy groups -OCH3 is 1. The van der Waals surface area contributed by atoms with E-state index in [0.717, 1.165) is 5.56 Å². The highest BCUT2D eigenvalue weighted by Crippen LogP contribution is 2.25. The number of aromatic nitrogens is 1. The Morgan fingerprint density at radius 3 is 2.53 bits per heavy atom. The number of hydrogen-bond acceptors (Lipinski definition) is 4. The van der Waals surface area contributed by atoms with Gasteiger partial charge in [0.15, 0.2) is 0 Å². The molecule has 1 unspecified atom stereocenters. The van der Waals surface area contributed by atoms with E-state index in [0.29, 0.717) is 11.3 Å². The van der Waals surface area contributed by atoms with Crippen molar-refractivity contribution in [2.75, 3.05) is 7.11 Å². The molecular formula is C15H15NO3. The summed E-state index contributed by atoms with van der Waals surface area (Å²) in [4.78, 5) is 15.6. The minimum absolute atomic E-state index is 0.172.